The molecule has 0 spiro atoms. The molecule has 1 heterocycles. The first-order chi connectivity index (χ1) is 12.0. The van der Waals surface area contributed by atoms with Gasteiger partial charge < -0.3 is 9.64 Å². The molecule has 1 fully saturated rings. The van der Waals surface area contributed by atoms with Crippen LogP contribution in [-0.4, -0.2) is 24.0 Å². The zero-order valence-corrected chi connectivity index (χ0v) is 14.0. The number of methoxy groups -OCH3 is 1. The number of non-ortho nitro benzene ring substituents is 1. The molecule has 2 aromatic rings. The first kappa shape index (κ1) is 16.7. The number of hydrogen-bond donors (Lipinski definition) is 0. The highest BCUT2D eigenvalue weighted by Crippen LogP contribution is 2.34. The third-order valence-electron chi connectivity index (χ3n) is 4.38. The predicted octanol–water partition coefficient (Wildman–Crippen LogP) is 3.67. The van der Waals surface area contributed by atoms with Crippen molar-refractivity contribution in [3.05, 3.63) is 70.3 Å². The van der Waals surface area contributed by atoms with Crippen LogP contribution in [0.3, 0.4) is 0 Å². The monoisotopic (exact) mass is 338 g/mol. The number of benzene rings is 2. The van der Waals surface area contributed by atoms with Gasteiger partial charge in [0.25, 0.3) is 5.69 Å². The second-order valence-corrected chi connectivity index (χ2v) is 5.89. The van der Waals surface area contributed by atoms with E-state index >= 15 is 0 Å². The molecule has 6 heteroatoms. The van der Waals surface area contributed by atoms with Crippen LogP contribution in [0, 0.1) is 16.0 Å². The van der Waals surface area contributed by atoms with Crippen molar-refractivity contribution in [3.8, 4) is 5.75 Å². The maximum absolute atomic E-state index is 12.2. The van der Waals surface area contributed by atoms with Crippen molar-refractivity contribution < 1.29 is 14.5 Å². The van der Waals surface area contributed by atoms with Gasteiger partial charge in [-0.05, 0) is 42.0 Å². The molecule has 2 atom stereocenters. The van der Waals surface area contributed by atoms with Gasteiger partial charge in [0.2, 0.25) is 5.91 Å². The lowest BCUT2D eigenvalue weighted by molar-refractivity contribution is -0.384. The van der Waals surface area contributed by atoms with E-state index in [1.165, 1.54) is 12.1 Å². The lowest BCUT2D eigenvalue weighted by Gasteiger charge is -2.44. The molecule has 3 rings (SSSR count). The van der Waals surface area contributed by atoms with Crippen molar-refractivity contribution in [1.82, 2.24) is 0 Å². The van der Waals surface area contributed by atoms with Crippen molar-refractivity contribution in [3.63, 3.8) is 0 Å². The summed E-state index contributed by atoms with van der Waals surface area (Å²) in [6, 6.07) is 13.6. The van der Waals surface area contributed by atoms with Gasteiger partial charge in [0.1, 0.15) is 5.75 Å². The van der Waals surface area contributed by atoms with Gasteiger partial charge in [-0.1, -0.05) is 19.1 Å². The van der Waals surface area contributed by atoms with Crippen molar-refractivity contribution in [2.75, 3.05) is 12.0 Å². The summed E-state index contributed by atoms with van der Waals surface area (Å²) in [4.78, 5) is 24.3. The van der Waals surface area contributed by atoms with Gasteiger partial charge in [0.15, 0.2) is 0 Å². The minimum Gasteiger partial charge on any atom is -0.497 e. The fourth-order valence-electron chi connectivity index (χ4n) is 2.87. The summed E-state index contributed by atoms with van der Waals surface area (Å²) in [5.41, 5.74) is 1.73. The Morgan fingerprint density at radius 1 is 1.12 bits per heavy atom. The van der Waals surface area contributed by atoms with Crippen LogP contribution in [0.5, 0.6) is 5.75 Å². The summed E-state index contributed by atoms with van der Waals surface area (Å²) in [6.07, 6.45) is 3.84. The summed E-state index contributed by atoms with van der Waals surface area (Å²) >= 11 is 0. The highest BCUT2D eigenvalue weighted by molar-refractivity contribution is 6.03. The summed E-state index contributed by atoms with van der Waals surface area (Å²) in [7, 11) is 1.60. The second-order valence-electron chi connectivity index (χ2n) is 5.89. The van der Waals surface area contributed by atoms with Gasteiger partial charge in [-0.25, -0.2) is 0 Å². The van der Waals surface area contributed by atoms with E-state index in [1.807, 2.05) is 43.3 Å². The molecule has 2 aromatic carbocycles. The number of β-lactam (4-membered cyclic amide) rings is 1. The predicted molar refractivity (Wildman–Crippen MR) is 95.6 cm³/mol. The zero-order chi connectivity index (χ0) is 18.0. The molecular formula is C19H18N2O4. The highest BCUT2D eigenvalue weighted by atomic mass is 16.6. The normalized spacial score (nSPS) is 19.8. The maximum Gasteiger partial charge on any atom is 0.269 e. The van der Waals surface area contributed by atoms with Crippen LogP contribution in [-0.2, 0) is 4.79 Å². The average Bonchev–Trinajstić information content (AvgIpc) is 2.65. The van der Waals surface area contributed by atoms with E-state index in [0.29, 0.717) is 0 Å². The number of rotatable bonds is 5. The van der Waals surface area contributed by atoms with Crippen molar-refractivity contribution in [2.24, 2.45) is 5.92 Å². The fraction of sp³-hybridized carbons (Fsp3) is 0.211. The summed E-state index contributed by atoms with van der Waals surface area (Å²) in [5.74, 6) is 0.711. The fourth-order valence-corrected chi connectivity index (χ4v) is 2.87. The van der Waals surface area contributed by atoms with Gasteiger partial charge >= 0.3 is 0 Å². The van der Waals surface area contributed by atoms with Gasteiger partial charge in [-0.3, -0.25) is 14.9 Å². The van der Waals surface area contributed by atoms with E-state index in [2.05, 4.69) is 0 Å². The second kappa shape index (κ2) is 6.76. The van der Waals surface area contributed by atoms with Gasteiger partial charge in [0, 0.05) is 17.8 Å². The Balaban J connectivity index is 1.77. The molecule has 0 N–H and O–H groups in total. The van der Waals surface area contributed by atoms with Crippen LogP contribution in [0.25, 0.3) is 6.08 Å². The summed E-state index contributed by atoms with van der Waals surface area (Å²) < 4.78 is 5.14. The van der Waals surface area contributed by atoms with Crippen molar-refractivity contribution in [2.45, 2.75) is 13.0 Å². The summed E-state index contributed by atoms with van der Waals surface area (Å²) in [5, 5.41) is 10.7. The molecule has 1 aliphatic rings. The first-order valence-electron chi connectivity index (χ1n) is 7.91. The molecule has 25 heavy (non-hydrogen) atoms. The van der Waals surface area contributed by atoms with Gasteiger partial charge in [-0.15, -0.1) is 0 Å². The lowest BCUT2D eigenvalue weighted by atomic mass is 9.87. The molecule has 0 unspecified atom stereocenters. The first-order valence-corrected chi connectivity index (χ1v) is 7.91. The number of amides is 1. The molecular weight excluding hydrogens is 320 g/mol. The molecule has 0 saturated carbocycles. The van der Waals surface area contributed by atoms with Crippen LogP contribution >= 0.6 is 0 Å². The number of nitro groups is 1. The molecule has 0 bridgehead atoms. The number of nitro benzene ring substituents is 1. The number of carbonyl (C=O) groups is 1. The molecule has 1 amide bonds. The third-order valence-corrected chi connectivity index (χ3v) is 4.38. The SMILES string of the molecule is COc1ccc(N2C(=O)[C@@H](C)[C@H]2/C=C\c2ccc([N+](=O)[O-])cc2)cc1. The molecule has 0 radical (unpaired) electrons. The van der Waals surface area contributed by atoms with E-state index in [4.69, 9.17) is 4.74 Å². The van der Waals surface area contributed by atoms with Crippen LogP contribution in [0.15, 0.2) is 54.6 Å². The smallest absolute Gasteiger partial charge is 0.269 e. The Hall–Kier alpha value is -3.15. The Morgan fingerprint density at radius 3 is 2.32 bits per heavy atom. The topological polar surface area (TPSA) is 72.7 Å². The van der Waals surface area contributed by atoms with E-state index in [9.17, 15) is 14.9 Å². The van der Waals surface area contributed by atoms with E-state index < -0.39 is 4.92 Å². The van der Waals surface area contributed by atoms with Crippen LogP contribution in [0.2, 0.25) is 0 Å². The van der Waals surface area contributed by atoms with Crippen LogP contribution in [0.4, 0.5) is 11.4 Å². The Kier molecular flexibility index (Phi) is 4.52. The van der Waals surface area contributed by atoms with Gasteiger partial charge in [0.05, 0.1) is 24.0 Å². The Morgan fingerprint density at radius 2 is 1.76 bits per heavy atom. The highest BCUT2D eigenvalue weighted by Gasteiger charge is 2.43. The van der Waals surface area contributed by atoms with E-state index in [-0.39, 0.29) is 23.6 Å². The summed E-state index contributed by atoms with van der Waals surface area (Å²) in [6.45, 7) is 1.90. The lowest BCUT2D eigenvalue weighted by Crippen LogP contribution is -2.59. The average molecular weight is 338 g/mol. The number of nitrogens with zero attached hydrogens (tertiary/aromatic N) is 2. The third kappa shape index (κ3) is 3.24. The Bertz CT molecular complexity index is 812. The molecule has 1 aliphatic heterocycles. The zero-order valence-electron chi connectivity index (χ0n) is 14.0. The number of anilines is 1. The quantitative estimate of drug-likeness (QED) is 0.474. The standard InChI is InChI=1S/C19H18N2O4/c1-13-18(12-5-14-3-6-16(7-4-14)21(23)24)20(19(13)22)15-8-10-17(25-2)11-9-15/h3-13,18H,1-2H3/b12-5-/t13-,18+/m0/s1. The van der Waals surface area contributed by atoms with Crippen LogP contribution < -0.4 is 9.64 Å². The van der Waals surface area contributed by atoms with E-state index in [0.717, 1.165) is 17.0 Å². The van der Waals surface area contributed by atoms with Crippen molar-refractivity contribution >= 4 is 23.4 Å². The Labute approximate surface area is 145 Å². The van der Waals surface area contributed by atoms with Crippen molar-refractivity contribution in [1.29, 1.82) is 0 Å². The molecule has 0 aromatic heterocycles. The maximum atomic E-state index is 12.2. The van der Waals surface area contributed by atoms with Crippen LogP contribution in [0.1, 0.15) is 12.5 Å². The molecule has 128 valence electrons. The number of ether oxygens (including phenoxy) is 1. The molecule has 1 saturated heterocycles. The van der Waals surface area contributed by atoms with Gasteiger partial charge in [-0.2, -0.15) is 0 Å². The number of hydrogen-bond acceptors (Lipinski definition) is 4. The molecule has 0 aliphatic carbocycles. The van der Waals surface area contributed by atoms with E-state index in [1.54, 1.807) is 24.1 Å². The minimum absolute atomic E-state index is 0.0453. The number of carbonyl (C=O) groups excluding carboxylic acids is 1. The minimum atomic E-state index is -0.425. The molecule has 6 nitrogen and oxygen atoms in total. The largest absolute Gasteiger partial charge is 0.497 e.